The predicted molar refractivity (Wildman–Crippen MR) is 115 cm³/mol. The van der Waals surface area contributed by atoms with E-state index >= 15 is 0 Å². The van der Waals surface area contributed by atoms with Crippen LogP contribution in [0.2, 0.25) is 0 Å². The maximum atomic E-state index is 12.1. The van der Waals surface area contributed by atoms with Gasteiger partial charge in [-0.25, -0.2) is 14.6 Å². The van der Waals surface area contributed by atoms with Crippen molar-refractivity contribution in [3.05, 3.63) is 90.1 Å². The van der Waals surface area contributed by atoms with E-state index in [4.69, 9.17) is 13.9 Å². The van der Waals surface area contributed by atoms with Gasteiger partial charge in [0.1, 0.15) is 0 Å². The van der Waals surface area contributed by atoms with Crippen molar-refractivity contribution in [1.82, 2.24) is 4.98 Å². The van der Waals surface area contributed by atoms with Gasteiger partial charge >= 0.3 is 11.9 Å². The van der Waals surface area contributed by atoms with Crippen LogP contribution in [0, 0.1) is 0 Å². The Morgan fingerprint density at radius 3 is 1.97 bits per heavy atom. The first-order valence-electron chi connectivity index (χ1n) is 9.53. The highest BCUT2D eigenvalue weighted by atomic mass is 16.5. The Hall–Kier alpha value is -4.19. The lowest BCUT2D eigenvalue weighted by atomic mass is 10.0. The molecular formula is C25H19NO5. The molecule has 6 heteroatoms. The lowest BCUT2D eigenvalue weighted by Crippen LogP contribution is -2.11. The van der Waals surface area contributed by atoms with Crippen molar-refractivity contribution < 1.29 is 23.5 Å². The Morgan fingerprint density at radius 2 is 1.29 bits per heavy atom. The van der Waals surface area contributed by atoms with Crippen molar-refractivity contribution in [2.75, 3.05) is 14.2 Å². The number of ether oxygens (including phenoxy) is 2. The molecule has 1 heterocycles. The van der Waals surface area contributed by atoms with Gasteiger partial charge in [-0.1, -0.05) is 54.6 Å². The molecule has 6 nitrogen and oxygen atoms in total. The summed E-state index contributed by atoms with van der Waals surface area (Å²) in [6.45, 7) is 0. The quantitative estimate of drug-likeness (QED) is 0.416. The summed E-state index contributed by atoms with van der Waals surface area (Å²) in [6.07, 6.45) is 1.62. The molecule has 3 aromatic carbocycles. The van der Waals surface area contributed by atoms with E-state index in [1.165, 1.54) is 26.4 Å². The standard InChI is InChI=1S/C25H19NO5/c1-29-24(27)20-13-12-19(14-21(20)25(28)30-2)23-26-15-22(31-23)18-10-8-17(9-11-18)16-6-4-3-5-7-16/h3-15H,1-2H3. The second-order valence-corrected chi connectivity index (χ2v) is 6.72. The molecule has 0 spiro atoms. The average Bonchev–Trinajstić information content (AvgIpc) is 3.33. The topological polar surface area (TPSA) is 78.6 Å². The molecule has 31 heavy (non-hydrogen) atoms. The smallest absolute Gasteiger partial charge is 0.338 e. The molecule has 0 N–H and O–H groups in total. The summed E-state index contributed by atoms with van der Waals surface area (Å²) in [5.41, 5.74) is 3.84. The molecule has 0 unspecified atom stereocenters. The van der Waals surface area contributed by atoms with Gasteiger partial charge in [0.25, 0.3) is 0 Å². The van der Waals surface area contributed by atoms with Crippen LogP contribution < -0.4 is 0 Å². The summed E-state index contributed by atoms with van der Waals surface area (Å²) in [7, 11) is 2.50. The van der Waals surface area contributed by atoms with Gasteiger partial charge in [-0.15, -0.1) is 0 Å². The Labute approximate surface area is 179 Å². The van der Waals surface area contributed by atoms with Crippen LogP contribution in [0.3, 0.4) is 0 Å². The van der Waals surface area contributed by atoms with Crippen LogP contribution in [0.25, 0.3) is 33.9 Å². The number of carbonyl (C=O) groups excluding carboxylic acids is 2. The SMILES string of the molecule is COC(=O)c1ccc(-c2ncc(-c3ccc(-c4ccccc4)cc3)o2)cc1C(=O)OC. The number of esters is 2. The van der Waals surface area contributed by atoms with E-state index in [2.05, 4.69) is 17.1 Å². The number of aromatic nitrogens is 1. The molecular weight excluding hydrogens is 394 g/mol. The molecule has 0 amide bonds. The summed E-state index contributed by atoms with van der Waals surface area (Å²) >= 11 is 0. The number of benzene rings is 3. The van der Waals surface area contributed by atoms with Crippen LogP contribution in [-0.4, -0.2) is 31.1 Å². The minimum Gasteiger partial charge on any atom is -0.465 e. The van der Waals surface area contributed by atoms with Crippen LogP contribution >= 0.6 is 0 Å². The van der Waals surface area contributed by atoms with Gasteiger partial charge in [0.05, 0.1) is 31.5 Å². The van der Waals surface area contributed by atoms with Gasteiger partial charge in [0, 0.05) is 11.1 Å². The van der Waals surface area contributed by atoms with Gasteiger partial charge in [-0.2, -0.15) is 0 Å². The molecule has 0 aliphatic heterocycles. The van der Waals surface area contributed by atoms with Gasteiger partial charge in [-0.05, 0) is 29.3 Å². The maximum absolute atomic E-state index is 12.1. The van der Waals surface area contributed by atoms with E-state index in [0.717, 1.165) is 16.7 Å². The van der Waals surface area contributed by atoms with E-state index < -0.39 is 11.9 Å². The van der Waals surface area contributed by atoms with Crippen molar-refractivity contribution in [1.29, 1.82) is 0 Å². The molecule has 4 aromatic rings. The lowest BCUT2D eigenvalue weighted by molar-refractivity contribution is 0.0555. The zero-order valence-corrected chi connectivity index (χ0v) is 17.0. The van der Waals surface area contributed by atoms with Gasteiger partial charge < -0.3 is 13.9 Å². The fourth-order valence-electron chi connectivity index (χ4n) is 3.24. The fraction of sp³-hybridized carbons (Fsp3) is 0.0800. The fourth-order valence-corrected chi connectivity index (χ4v) is 3.24. The first-order chi connectivity index (χ1) is 15.1. The van der Waals surface area contributed by atoms with Crippen molar-refractivity contribution >= 4 is 11.9 Å². The zero-order chi connectivity index (χ0) is 21.8. The van der Waals surface area contributed by atoms with Gasteiger partial charge in [0.15, 0.2) is 5.76 Å². The number of hydrogen-bond acceptors (Lipinski definition) is 6. The Kier molecular flexibility index (Phi) is 5.62. The van der Waals surface area contributed by atoms with E-state index in [9.17, 15) is 9.59 Å². The highest BCUT2D eigenvalue weighted by Crippen LogP contribution is 2.29. The van der Waals surface area contributed by atoms with Crippen molar-refractivity contribution in [2.24, 2.45) is 0 Å². The second kappa shape index (κ2) is 8.67. The number of hydrogen-bond donors (Lipinski definition) is 0. The molecule has 0 fully saturated rings. The minimum absolute atomic E-state index is 0.0822. The summed E-state index contributed by atoms with van der Waals surface area (Å²) in [6, 6.07) is 22.7. The predicted octanol–water partition coefficient (Wildman–Crippen LogP) is 5.25. The first-order valence-corrected chi connectivity index (χ1v) is 9.53. The Morgan fingerprint density at radius 1 is 0.710 bits per heavy atom. The lowest BCUT2D eigenvalue weighted by Gasteiger charge is -2.07. The molecule has 0 atom stereocenters. The van der Waals surface area contributed by atoms with E-state index in [1.54, 1.807) is 12.3 Å². The third kappa shape index (κ3) is 4.09. The van der Waals surface area contributed by atoms with E-state index in [1.807, 2.05) is 42.5 Å². The molecule has 0 aliphatic rings. The number of methoxy groups -OCH3 is 2. The van der Waals surface area contributed by atoms with E-state index in [-0.39, 0.29) is 11.1 Å². The molecule has 0 radical (unpaired) electrons. The Balaban J connectivity index is 1.64. The molecule has 154 valence electrons. The minimum atomic E-state index is -0.648. The van der Waals surface area contributed by atoms with E-state index in [0.29, 0.717) is 17.2 Å². The molecule has 0 bridgehead atoms. The third-order valence-corrected chi connectivity index (χ3v) is 4.86. The normalized spacial score (nSPS) is 10.5. The van der Waals surface area contributed by atoms with Gasteiger partial charge in [0.2, 0.25) is 5.89 Å². The zero-order valence-electron chi connectivity index (χ0n) is 17.0. The first kappa shape index (κ1) is 20.1. The Bertz CT molecular complexity index is 1230. The molecule has 0 aliphatic carbocycles. The number of carbonyl (C=O) groups is 2. The molecule has 1 aromatic heterocycles. The average molecular weight is 413 g/mol. The van der Waals surface area contributed by atoms with Crippen LogP contribution in [-0.2, 0) is 9.47 Å². The summed E-state index contributed by atoms with van der Waals surface area (Å²) < 4.78 is 15.4. The molecule has 0 saturated heterocycles. The van der Waals surface area contributed by atoms with Crippen LogP contribution in [0.5, 0.6) is 0 Å². The van der Waals surface area contributed by atoms with Crippen molar-refractivity contribution in [3.8, 4) is 33.9 Å². The second-order valence-electron chi connectivity index (χ2n) is 6.72. The number of rotatable bonds is 5. The third-order valence-electron chi connectivity index (χ3n) is 4.86. The van der Waals surface area contributed by atoms with Crippen molar-refractivity contribution in [2.45, 2.75) is 0 Å². The maximum Gasteiger partial charge on any atom is 0.338 e. The number of oxazole rings is 1. The van der Waals surface area contributed by atoms with Crippen LogP contribution in [0.1, 0.15) is 20.7 Å². The molecule has 0 saturated carbocycles. The largest absolute Gasteiger partial charge is 0.465 e. The summed E-state index contributed by atoms with van der Waals surface area (Å²) in [5.74, 6) is -0.362. The summed E-state index contributed by atoms with van der Waals surface area (Å²) in [4.78, 5) is 28.4. The van der Waals surface area contributed by atoms with Crippen molar-refractivity contribution in [3.63, 3.8) is 0 Å². The highest BCUT2D eigenvalue weighted by molar-refractivity contribution is 6.04. The monoisotopic (exact) mass is 413 g/mol. The van der Waals surface area contributed by atoms with Crippen LogP contribution in [0.15, 0.2) is 83.4 Å². The summed E-state index contributed by atoms with van der Waals surface area (Å²) in [5, 5.41) is 0. The van der Waals surface area contributed by atoms with Gasteiger partial charge in [-0.3, -0.25) is 0 Å². The number of nitrogens with zero attached hydrogens (tertiary/aromatic N) is 1. The highest BCUT2D eigenvalue weighted by Gasteiger charge is 2.20. The molecule has 4 rings (SSSR count). The van der Waals surface area contributed by atoms with Crippen LogP contribution in [0.4, 0.5) is 0 Å².